The van der Waals surface area contributed by atoms with E-state index >= 15 is 0 Å². The first-order valence-electron chi connectivity index (χ1n) is 11.5. The predicted molar refractivity (Wildman–Crippen MR) is 139 cm³/mol. The van der Waals surface area contributed by atoms with E-state index in [2.05, 4.69) is 5.32 Å². The summed E-state index contributed by atoms with van der Waals surface area (Å²) in [6.07, 6.45) is 3.19. The van der Waals surface area contributed by atoms with Crippen molar-refractivity contribution in [3.8, 4) is 28.4 Å². The molecule has 36 heavy (non-hydrogen) atoms. The summed E-state index contributed by atoms with van der Waals surface area (Å²) in [5.41, 5.74) is 5.13. The van der Waals surface area contributed by atoms with E-state index in [-0.39, 0.29) is 11.7 Å². The molecule has 0 bridgehead atoms. The van der Waals surface area contributed by atoms with E-state index in [0.29, 0.717) is 40.7 Å². The van der Waals surface area contributed by atoms with E-state index in [1.807, 2.05) is 45.0 Å². The second-order valence-corrected chi connectivity index (χ2v) is 8.23. The molecule has 0 spiro atoms. The summed E-state index contributed by atoms with van der Waals surface area (Å²) in [6, 6.07) is 13.2. The zero-order valence-corrected chi connectivity index (χ0v) is 20.9. The van der Waals surface area contributed by atoms with Crippen LogP contribution < -0.4 is 19.5 Å². The summed E-state index contributed by atoms with van der Waals surface area (Å²) in [5.74, 6) is 1.32. The third kappa shape index (κ3) is 4.91. The maximum Gasteiger partial charge on any atom is 0.248 e. The number of hydrogen-bond acceptors (Lipinski definition) is 5. The van der Waals surface area contributed by atoms with Crippen LogP contribution in [0.2, 0.25) is 0 Å². The Hall–Kier alpha value is -4.26. The molecule has 7 heteroatoms. The minimum absolute atomic E-state index is 0.332. The number of allylic oxidation sites excluding steroid dienone is 1. The lowest BCUT2D eigenvalue weighted by molar-refractivity contribution is -0.111. The molecule has 0 saturated heterocycles. The van der Waals surface area contributed by atoms with Crippen molar-refractivity contribution >= 4 is 28.1 Å². The van der Waals surface area contributed by atoms with E-state index in [0.717, 1.165) is 27.6 Å². The minimum atomic E-state index is -0.367. The van der Waals surface area contributed by atoms with Gasteiger partial charge in [-0.15, -0.1) is 0 Å². The highest BCUT2D eigenvalue weighted by molar-refractivity contribution is 6.06. The van der Waals surface area contributed by atoms with Gasteiger partial charge >= 0.3 is 0 Å². The molecule has 0 aliphatic rings. The number of amides is 1. The second kappa shape index (κ2) is 10.6. The molecule has 3 aromatic carbocycles. The number of furan rings is 1. The molecule has 1 heterocycles. The van der Waals surface area contributed by atoms with Gasteiger partial charge in [0.15, 0.2) is 0 Å². The van der Waals surface area contributed by atoms with Gasteiger partial charge in [-0.2, -0.15) is 0 Å². The van der Waals surface area contributed by atoms with E-state index < -0.39 is 0 Å². The number of fused-ring (bicyclic) bond motifs is 1. The number of aryl methyl sites for hydroxylation is 1. The van der Waals surface area contributed by atoms with Crippen molar-refractivity contribution in [3.63, 3.8) is 0 Å². The number of halogens is 1. The molecule has 1 amide bonds. The molecular weight excluding hydrogens is 461 g/mol. The van der Waals surface area contributed by atoms with Crippen molar-refractivity contribution < 1.29 is 27.8 Å². The fourth-order valence-electron chi connectivity index (χ4n) is 4.16. The van der Waals surface area contributed by atoms with Crippen LogP contribution in [-0.2, 0) is 4.79 Å². The molecule has 1 N–H and O–H groups in total. The van der Waals surface area contributed by atoms with Crippen LogP contribution in [0.15, 0.2) is 65.3 Å². The molecule has 0 atom stereocenters. The summed E-state index contributed by atoms with van der Waals surface area (Å²) in [6.45, 7) is 6.13. The number of hydrogen-bond donors (Lipinski definition) is 1. The molecule has 0 saturated carbocycles. The third-order valence-electron chi connectivity index (χ3n) is 5.91. The lowest BCUT2D eigenvalue weighted by Crippen LogP contribution is -2.09. The lowest BCUT2D eigenvalue weighted by atomic mass is 9.96. The van der Waals surface area contributed by atoms with Gasteiger partial charge in [-0.1, -0.05) is 0 Å². The number of methoxy groups -OCH3 is 2. The topological polar surface area (TPSA) is 69.9 Å². The van der Waals surface area contributed by atoms with E-state index in [1.165, 1.54) is 30.3 Å². The van der Waals surface area contributed by atoms with Crippen molar-refractivity contribution in [2.75, 3.05) is 26.1 Å². The van der Waals surface area contributed by atoms with Gasteiger partial charge in [0.2, 0.25) is 5.91 Å². The van der Waals surface area contributed by atoms with E-state index in [1.54, 1.807) is 20.5 Å². The number of carbonyl (C=O) groups excluding carboxylic acids is 1. The summed E-state index contributed by atoms with van der Waals surface area (Å²) < 4.78 is 36.2. The summed E-state index contributed by atoms with van der Waals surface area (Å²) in [4.78, 5) is 12.7. The molecule has 4 aromatic rings. The first kappa shape index (κ1) is 24.9. The second-order valence-electron chi connectivity index (χ2n) is 8.23. The van der Waals surface area contributed by atoms with Crippen LogP contribution in [0.1, 0.15) is 25.0 Å². The Labute approximate surface area is 209 Å². The van der Waals surface area contributed by atoms with Gasteiger partial charge in [0.25, 0.3) is 0 Å². The first-order valence-corrected chi connectivity index (χ1v) is 11.5. The minimum Gasteiger partial charge on any atom is -0.497 e. The van der Waals surface area contributed by atoms with Crippen LogP contribution in [0.3, 0.4) is 0 Å². The van der Waals surface area contributed by atoms with Gasteiger partial charge in [-0.05, 0) is 74.9 Å². The molecule has 6 nitrogen and oxygen atoms in total. The summed E-state index contributed by atoms with van der Waals surface area (Å²) in [5, 5.41) is 3.61. The molecule has 4 rings (SSSR count). The number of nitrogens with one attached hydrogen (secondary N) is 1. The number of rotatable bonds is 8. The molecule has 0 fully saturated rings. The SMILES string of the molecule is CCOc1c(/C(C)=C/C(=O)Nc2ccc(F)cc2)cc2c(-c3cc(OC)ccc3OC)coc2c1C. The molecule has 0 radical (unpaired) electrons. The van der Waals surface area contributed by atoms with Gasteiger partial charge in [0.05, 0.1) is 27.1 Å². The van der Waals surface area contributed by atoms with E-state index in [4.69, 9.17) is 18.6 Å². The van der Waals surface area contributed by atoms with Crippen LogP contribution in [0, 0.1) is 12.7 Å². The zero-order valence-electron chi connectivity index (χ0n) is 20.9. The van der Waals surface area contributed by atoms with Crippen LogP contribution in [0.5, 0.6) is 17.2 Å². The quantitative estimate of drug-likeness (QED) is 0.270. The van der Waals surface area contributed by atoms with Gasteiger partial charge in [0.1, 0.15) is 28.6 Å². The summed E-state index contributed by atoms with van der Waals surface area (Å²) in [7, 11) is 3.23. The average molecular weight is 490 g/mol. The number of benzene rings is 3. The fourth-order valence-corrected chi connectivity index (χ4v) is 4.16. The van der Waals surface area contributed by atoms with Crippen LogP contribution >= 0.6 is 0 Å². The van der Waals surface area contributed by atoms with Crippen LogP contribution in [0.25, 0.3) is 27.7 Å². The Bertz CT molecular complexity index is 1440. The predicted octanol–water partition coefficient (Wildman–Crippen LogP) is 7.01. The third-order valence-corrected chi connectivity index (χ3v) is 5.91. The summed E-state index contributed by atoms with van der Waals surface area (Å²) >= 11 is 0. The zero-order chi connectivity index (χ0) is 25.8. The normalized spacial score (nSPS) is 11.4. The smallest absolute Gasteiger partial charge is 0.248 e. The Morgan fingerprint density at radius 3 is 2.47 bits per heavy atom. The van der Waals surface area contributed by atoms with Gasteiger partial charge < -0.3 is 23.9 Å². The largest absolute Gasteiger partial charge is 0.497 e. The molecule has 0 aliphatic carbocycles. The van der Waals surface area contributed by atoms with Crippen molar-refractivity contribution in [2.24, 2.45) is 0 Å². The number of carbonyl (C=O) groups is 1. The van der Waals surface area contributed by atoms with Crippen molar-refractivity contribution in [3.05, 3.63) is 77.8 Å². The Morgan fingerprint density at radius 2 is 1.81 bits per heavy atom. The molecule has 186 valence electrons. The Kier molecular flexibility index (Phi) is 7.29. The maximum absolute atomic E-state index is 13.2. The van der Waals surface area contributed by atoms with Crippen LogP contribution in [-0.4, -0.2) is 26.7 Å². The fraction of sp³-hybridized carbons (Fsp3) is 0.207. The lowest BCUT2D eigenvalue weighted by Gasteiger charge is -2.15. The van der Waals surface area contributed by atoms with Crippen molar-refractivity contribution in [2.45, 2.75) is 20.8 Å². The highest BCUT2D eigenvalue weighted by atomic mass is 19.1. The van der Waals surface area contributed by atoms with Gasteiger partial charge in [-0.3, -0.25) is 4.79 Å². The molecule has 1 aromatic heterocycles. The Balaban J connectivity index is 1.82. The maximum atomic E-state index is 13.2. The van der Waals surface area contributed by atoms with Gasteiger partial charge in [-0.25, -0.2) is 4.39 Å². The highest BCUT2D eigenvalue weighted by Crippen LogP contribution is 2.43. The molecule has 0 unspecified atom stereocenters. The first-order chi connectivity index (χ1) is 17.4. The van der Waals surface area contributed by atoms with Crippen molar-refractivity contribution in [1.82, 2.24) is 0 Å². The van der Waals surface area contributed by atoms with E-state index in [9.17, 15) is 9.18 Å². The standard InChI is InChI=1S/C29H28FNO5/c1-6-35-28-18(3)29-24(25(16-36-29)23-14-21(33-4)11-12-26(23)34-5)15-22(28)17(2)13-27(32)31-20-9-7-19(30)8-10-20/h7-16H,6H2,1-5H3,(H,31,32)/b17-13+. The van der Waals surface area contributed by atoms with Crippen LogP contribution in [0.4, 0.5) is 10.1 Å². The number of anilines is 1. The van der Waals surface area contributed by atoms with Crippen molar-refractivity contribution in [1.29, 1.82) is 0 Å². The average Bonchev–Trinajstić information content (AvgIpc) is 3.30. The monoisotopic (exact) mass is 489 g/mol. The number of ether oxygens (including phenoxy) is 3. The highest BCUT2D eigenvalue weighted by Gasteiger charge is 2.21. The Morgan fingerprint density at radius 1 is 1.06 bits per heavy atom. The molecular formula is C29H28FNO5. The molecule has 0 aliphatic heterocycles. The van der Waals surface area contributed by atoms with Gasteiger partial charge in [0, 0.05) is 39.4 Å².